The highest BCUT2D eigenvalue weighted by Crippen LogP contribution is 2.21. The van der Waals surface area contributed by atoms with Crippen LogP contribution in [0, 0.1) is 0 Å². The number of carbonyl (C=O) groups is 1. The second kappa shape index (κ2) is 7.94. The lowest BCUT2D eigenvalue weighted by Gasteiger charge is -2.12. The molecule has 0 fully saturated rings. The number of benzene rings is 2. The van der Waals surface area contributed by atoms with E-state index in [2.05, 4.69) is 10.6 Å². The van der Waals surface area contributed by atoms with E-state index in [1.807, 2.05) is 32.0 Å². The monoisotopic (exact) mass is 348 g/mol. The molecule has 2 rings (SSSR count). The quantitative estimate of drug-likeness (QED) is 0.618. The molecule has 0 aliphatic rings. The number of anilines is 2. The van der Waals surface area contributed by atoms with Gasteiger partial charge in [-0.05, 0) is 62.5 Å². The van der Waals surface area contributed by atoms with Crippen LogP contribution in [-0.2, 0) is 4.74 Å². The van der Waals surface area contributed by atoms with Crippen LogP contribution in [0.25, 0.3) is 0 Å². The largest absolute Gasteiger partial charge is 0.459 e. The zero-order chi connectivity index (χ0) is 16.8. The van der Waals surface area contributed by atoms with Gasteiger partial charge in [0.05, 0.1) is 22.4 Å². The van der Waals surface area contributed by atoms with Gasteiger partial charge >= 0.3 is 5.97 Å². The molecule has 0 heterocycles. The molecule has 120 valence electrons. The number of para-hydroxylation sites is 1. The van der Waals surface area contributed by atoms with Crippen molar-refractivity contribution in [1.29, 1.82) is 0 Å². The van der Waals surface area contributed by atoms with Gasteiger partial charge in [0.2, 0.25) is 0 Å². The molecule has 0 aromatic heterocycles. The van der Waals surface area contributed by atoms with E-state index >= 15 is 0 Å². The van der Waals surface area contributed by atoms with Crippen molar-refractivity contribution in [3.63, 3.8) is 0 Å². The summed E-state index contributed by atoms with van der Waals surface area (Å²) in [5.74, 6) is -0.344. The van der Waals surface area contributed by atoms with Crippen LogP contribution in [0.2, 0.25) is 5.02 Å². The van der Waals surface area contributed by atoms with Gasteiger partial charge in [-0.25, -0.2) is 4.79 Å². The number of rotatable bonds is 4. The van der Waals surface area contributed by atoms with Crippen molar-refractivity contribution in [2.24, 2.45) is 0 Å². The Morgan fingerprint density at radius 2 is 1.74 bits per heavy atom. The SMILES string of the molecule is CC(C)OC(=O)c1ccc(NC(=S)Nc2ccccc2Cl)cc1. The van der Waals surface area contributed by atoms with Gasteiger partial charge in [-0.15, -0.1) is 0 Å². The second-order valence-corrected chi connectivity index (χ2v) is 5.91. The van der Waals surface area contributed by atoms with Crippen molar-refractivity contribution >= 4 is 46.3 Å². The van der Waals surface area contributed by atoms with Crippen LogP contribution in [0.1, 0.15) is 24.2 Å². The summed E-state index contributed by atoms with van der Waals surface area (Å²) in [5, 5.41) is 7.05. The molecule has 0 bridgehead atoms. The van der Waals surface area contributed by atoms with E-state index in [-0.39, 0.29) is 12.1 Å². The van der Waals surface area contributed by atoms with Crippen molar-refractivity contribution in [2.75, 3.05) is 10.6 Å². The summed E-state index contributed by atoms with van der Waals surface area (Å²) in [6.07, 6.45) is -0.146. The van der Waals surface area contributed by atoms with Crippen molar-refractivity contribution in [3.8, 4) is 0 Å². The van der Waals surface area contributed by atoms with Gasteiger partial charge in [-0.3, -0.25) is 0 Å². The molecular weight excluding hydrogens is 332 g/mol. The van der Waals surface area contributed by atoms with Gasteiger partial charge in [-0.2, -0.15) is 0 Å². The Bertz CT molecular complexity index is 702. The fraction of sp³-hybridized carbons (Fsp3) is 0.176. The fourth-order valence-electron chi connectivity index (χ4n) is 1.82. The third-order valence-electron chi connectivity index (χ3n) is 2.84. The number of halogens is 1. The number of hydrogen-bond acceptors (Lipinski definition) is 3. The normalized spacial score (nSPS) is 10.3. The minimum Gasteiger partial charge on any atom is -0.459 e. The first-order valence-electron chi connectivity index (χ1n) is 7.09. The maximum absolute atomic E-state index is 11.8. The van der Waals surface area contributed by atoms with Crippen molar-refractivity contribution in [1.82, 2.24) is 0 Å². The summed E-state index contributed by atoms with van der Waals surface area (Å²) in [6.45, 7) is 3.62. The zero-order valence-electron chi connectivity index (χ0n) is 12.8. The molecule has 2 aromatic rings. The number of hydrogen-bond donors (Lipinski definition) is 2. The van der Waals surface area contributed by atoms with Gasteiger partial charge < -0.3 is 15.4 Å². The van der Waals surface area contributed by atoms with Crippen LogP contribution in [0.3, 0.4) is 0 Å². The number of ether oxygens (including phenoxy) is 1. The van der Waals surface area contributed by atoms with E-state index in [9.17, 15) is 4.79 Å². The molecule has 0 spiro atoms. The predicted octanol–water partition coefficient (Wildman–Crippen LogP) is 4.71. The number of thiocarbonyl (C=S) groups is 1. The van der Waals surface area contributed by atoms with E-state index in [1.165, 1.54) is 0 Å². The maximum Gasteiger partial charge on any atom is 0.338 e. The maximum atomic E-state index is 11.8. The average Bonchev–Trinajstić information content (AvgIpc) is 2.49. The summed E-state index contributed by atoms with van der Waals surface area (Å²) >= 11 is 11.3. The molecule has 0 radical (unpaired) electrons. The Balaban J connectivity index is 1.97. The molecule has 0 aliphatic carbocycles. The standard InChI is InChI=1S/C17H17ClN2O2S/c1-11(2)22-16(21)12-7-9-13(10-8-12)19-17(23)20-15-6-4-3-5-14(15)18/h3-11H,1-2H3,(H2,19,20,23). The van der Waals surface area contributed by atoms with E-state index in [0.717, 1.165) is 11.4 Å². The van der Waals surface area contributed by atoms with Gasteiger partial charge in [0, 0.05) is 5.69 Å². The zero-order valence-corrected chi connectivity index (χ0v) is 14.4. The molecular formula is C17H17ClN2O2S. The predicted molar refractivity (Wildman–Crippen MR) is 98.3 cm³/mol. The topological polar surface area (TPSA) is 50.4 Å². The Morgan fingerprint density at radius 1 is 1.09 bits per heavy atom. The summed E-state index contributed by atoms with van der Waals surface area (Å²) in [5.41, 5.74) is 1.98. The Kier molecular flexibility index (Phi) is 5.96. The molecule has 0 saturated heterocycles. The van der Waals surface area contributed by atoms with E-state index in [1.54, 1.807) is 30.3 Å². The number of esters is 1. The summed E-state index contributed by atoms with van der Waals surface area (Å²) in [7, 11) is 0. The molecule has 4 nitrogen and oxygen atoms in total. The van der Waals surface area contributed by atoms with Gasteiger partial charge in [-0.1, -0.05) is 23.7 Å². The Labute approximate surface area is 145 Å². The van der Waals surface area contributed by atoms with Crippen molar-refractivity contribution in [3.05, 3.63) is 59.1 Å². The third-order valence-corrected chi connectivity index (χ3v) is 3.38. The molecule has 0 unspecified atom stereocenters. The molecule has 6 heteroatoms. The van der Waals surface area contributed by atoms with Crippen LogP contribution in [0.4, 0.5) is 11.4 Å². The molecule has 0 amide bonds. The number of carbonyl (C=O) groups excluding carboxylic acids is 1. The lowest BCUT2D eigenvalue weighted by atomic mass is 10.2. The molecule has 0 saturated carbocycles. The highest BCUT2D eigenvalue weighted by atomic mass is 35.5. The molecule has 2 aromatic carbocycles. The summed E-state index contributed by atoms with van der Waals surface area (Å²) in [6, 6.07) is 14.2. The second-order valence-electron chi connectivity index (χ2n) is 5.09. The first-order chi connectivity index (χ1) is 11.0. The third kappa shape index (κ3) is 5.23. The van der Waals surface area contributed by atoms with Crippen LogP contribution < -0.4 is 10.6 Å². The molecule has 23 heavy (non-hydrogen) atoms. The Hall–Kier alpha value is -2.11. The highest BCUT2D eigenvalue weighted by Gasteiger charge is 2.09. The molecule has 2 N–H and O–H groups in total. The highest BCUT2D eigenvalue weighted by molar-refractivity contribution is 7.80. The lowest BCUT2D eigenvalue weighted by Crippen LogP contribution is -2.19. The van der Waals surface area contributed by atoms with E-state index < -0.39 is 0 Å². The average molecular weight is 349 g/mol. The van der Waals surface area contributed by atoms with Crippen LogP contribution >= 0.6 is 23.8 Å². The van der Waals surface area contributed by atoms with Gasteiger partial charge in [0.15, 0.2) is 5.11 Å². The molecule has 0 aliphatic heterocycles. The first kappa shape index (κ1) is 17.2. The van der Waals surface area contributed by atoms with E-state index in [4.69, 9.17) is 28.6 Å². The van der Waals surface area contributed by atoms with Crippen molar-refractivity contribution in [2.45, 2.75) is 20.0 Å². The minimum absolute atomic E-state index is 0.146. The lowest BCUT2D eigenvalue weighted by molar-refractivity contribution is 0.0378. The van der Waals surface area contributed by atoms with Crippen molar-refractivity contribution < 1.29 is 9.53 Å². The van der Waals surface area contributed by atoms with Gasteiger partial charge in [0.25, 0.3) is 0 Å². The van der Waals surface area contributed by atoms with Crippen LogP contribution in [0.15, 0.2) is 48.5 Å². The van der Waals surface area contributed by atoms with E-state index in [0.29, 0.717) is 15.7 Å². The van der Waals surface area contributed by atoms with Gasteiger partial charge in [0.1, 0.15) is 0 Å². The Morgan fingerprint density at radius 3 is 2.35 bits per heavy atom. The van der Waals surface area contributed by atoms with Crippen LogP contribution in [-0.4, -0.2) is 17.2 Å². The summed E-state index contributed by atoms with van der Waals surface area (Å²) in [4.78, 5) is 11.8. The van der Waals surface area contributed by atoms with Crippen LogP contribution in [0.5, 0.6) is 0 Å². The number of nitrogens with one attached hydrogen (secondary N) is 2. The minimum atomic E-state index is -0.344. The fourth-order valence-corrected chi connectivity index (χ4v) is 2.23. The summed E-state index contributed by atoms with van der Waals surface area (Å²) < 4.78 is 5.14. The first-order valence-corrected chi connectivity index (χ1v) is 7.88. The molecule has 0 atom stereocenters. The smallest absolute Gasteiger partial charge is 0.338 e.